The molecule has 3 rings (SSSR count). The fourth-order valence-corrected chi connectivity index (χ4v) is 3.29. The highest BCUT2D eigenvalue weighted by atomic mass is 32.2. The lowest BCUT2D eigenvalue weighted by molar-refractivity contribution is 0.624. The number of thiol groups is 1. The number of hydrogen-bond donors (Lipinski definition) is 2. The van der Waals surface area contributed by atoms with E-state index in [0.29, 0.717) is 0 Å². The van der Waals surface area contributed by atoms with Crippen molar-refractivity contribution >= 4 is 23.8 Å². The van der Waals surface area contributed by atoms with Gasteiger partial charge >= 0.3 is 0 Å². The Labute approximate surface area is 150 Å². The quantitative estimate of drug-likeness (QED) is 0.453. The van der Waals surface area contributed by atoms with Crippen molar-refractivity contribution < 1.29 is 4.39 Å². The van der Waals surface area contributed by atoms with Crippen molar-refractivity contribution in [3.63, 3.8) is 0 Å². The van der Waals surface area contributed by atoms with E-state index in [1.54, 1.807) is 12.1 Å². The lowest BCUT2D eigenvalue weighted by Gasteiger charge is -2.17. The molecule has 0 saturated heterocycles. The number of nitrogens with one attached hydrogen (secondary N) is 2. The highest BCUT2D eigenvalue weighted by Crippen LogP contribution is 2.23. The summed E-state index contributed by atoms with van der Waals surface area (Å²) in [5, 5.41) is 14.5. The van der Waals surface area contributed by atoms with Gasteiger partial charge in [-0.25, -0.2) is 4.39 Å². The number of fused-ring (bicyclic) bond motifs is 1. The van der Waals surface area contributed by atoms with E-state index in [4.69, 9.17) is 5.26 Å². The second kappa shape index (κ2) is 7.68. The second-order valence-corrected chi connectivity index (χ2v) is 7.17. The molecular weight excluding hydrogens is 335 g/mol. The SMILES string of the molecule is CC[SH+]NCC(C)Nc1cc(-c2ccc(F)c(C#N)c2)cc2c1=NC=2. The summed E-state index contributed by atoms with van der Waals surface area (Å²) in [6, 6.07) is 10.8. The van der Waals surface area contributed by atoms with Crippen LogP contribution in [0.3, 0.4) is 0 Å². The van der Waals surface area contributed by atoms with E-state index in [-0.39, 0.29) is 11.6 Å². The van der Waals surface area contributed by atoms with Crippen molar-refractivity contribution in [3.05, 3.63) is 52.3 Å². The zero-order valence-corrected chi connectivity index (χ0v) is 15.1. The first-order valence-electron chi connectivity index (χ1n) is 8.20. The Bertz CT molecular complexity index is 949. The van der Waals surface area contributed by atoms with Gasteiger partial charge in [-0.15, -0.1) is 4.72 Å². The van der Waals surface area contributed by atoms with Gasteiger partial charge in [0.1, 0.15) is 17.6 Å². The van der Waals surface area contributed by atoms with Gasteiger partial charge in [-0.2, -0.15) is 5.26 Å². The third-order valence-corrected chi connectivity index (χ3v) is 4.68. The molecule has 2 aromatic carbocycles. The summed E-state index contributed by atoms with van der Waals surface area (Å²) in [6.45, 7) is 5.10. The first-order chi connectivity index (χ1) is 12.1. The second-order valence-electron chi connectivity index (χ2n) is 5.91. The maximum absolute atomic E-state index is 13.6. The van der Waals surface area contributed by atoms with Gasteiger partial charge in [-0.1, -0.05) is 6.07 Å². The third kappa shape index (κ3) is 3.84. The van der Waals surface area contributed by atoms with Crippen LogP contribution in [0, 0.1) is 17.1 Å². The van der Waals surface area contributed by atoms with Crippen molar-refractivity contribution in [2.24, 2.45) is 4.99 Å². The van der Waals surface area contributed by atoms with Crippen LogP contribution in [0.4, 0.5) is 10.1 Å². The molecule has 0 amide bonds. The Morgan fingerprint density at radius 3 is 2.80 bits per heavy atom. The van der Waals surface area contributed by atoms with E-state index < -0.39 is 5.82 Å². The lowest BCUT2D eigenvalue weighted by atomic mass is 10.0. The van der Waals surface area contributed by atoms with E-state index in [9.17, 15) is 4.39 Å². The van der Waals surface area contributed by atoms with Gasteiger partial charge in [0.2, 0.25) is 0 Å². The van der Waals surface area contributed by atoms with Crippen molar-refractivity contribution in [1.82, 2.24) is 4.72 Å². The fourth-order valence-electron chi connectivity index (χ4n) is 2.66. The van der Waals surface area contributed by atoms with Crippen LogP contribution in [0.25, 0.3) is 17.3 Å². The third-order valence-electron chi connectivity index (χ3n) is 3.96. The molecule has 0 radical (unpaired) electrons. The molecule has 6 heteroatoms. The fraction of sp³-hybridized carbons (Fsp3) is 0.263. The van der Waals surface area contributed by atoms with Crippen LogP contribution < -0.4 is 20.6 Å². The Hall–Kier alpha value is -2.36. The number of benzene rings is 2. The molecule has 2 aromatic rings. The highest BCUT2D eigenvalue weighted by Gasteiger charge is 2.12. The molecule has 1 heterocycles. The van der Waals surface area contributed by atoms with Gasteiger partial charge in [0.05, 0.1) is 35.1 Å². The summed E-state index contributed by atoms with van der Waals surface area (Å²) in [5.41, 5.74) is 2.77. The van der Waals surface area contributed by atoms with E-state index >= 15 is 0 Å². The molecular formula is C19H20FN4S+. The minimum Gasteiger partial charge on any atom is -0.379 e. The van der Waals surface area contributed by atoms with Crippen LogP contribution in [-0.2, 0) is 11.9 Å². The van der Waals surface area contributed by atoms with Gasteiger partial charge in [0.25, 0.3) is 0 Å². The van der Waals surface area contributed by atoms with Gasteiger partial charge in [0.15, 0.2) is 0 Å². The minimum atomic E-state index is -0.495. The van der Waals surface area contributed by atoms with Gasteiger partial charge < -0.3 is 5.32 Å². The molecule has 0 saturated carbocycles. The monoisotopic (exact) mass is 355 g/mol. The van der Waals surface area contributed by atoms with Crippen LogP contribution in [0.2, 0.25) is 0 Å². The maximum atomic E-state index is 13.6. The largest absolute Gasteiger partial charge is 0.379 e. The summed E-state index contributed by atoms with van der Waals surface area (Å²) < 4.78 is 16.9. The van der Waals surface area contributed by atoms with E-state index in [1.807, 2.05) is 24.4 Å². The summed E-state index contributed by atoms with van der Waals surface area (Å²) >= 11 is 1.23. The highest BCUT2D eigenvalue weighted by molar-refractivity contribution is 7.76. The van der Waals surface area contributed by atoms with Crippen molar-refractivity contribution in [3.8, 4) is 17.2 Å². The van der Waals surface area contributed by atoms with Crippen LogP contribution in [0.1, 0.15) is 19.4 Å². The van der Waals surface area contributed by atoms with Crippen LogP contribution in [0.5, 0.6) is 0 Å². The van der Waals surface area contributed by atoms with Gasteiger partial charge in [0, 0.05) is 17.5 Å². The number of nitriles is 1. The first kappa shape index (κ1) is 17.5. The Kier molecular flexibility index (Phi) is 5.37. The molecule has 25 heavy (non-hydrogen) atoms. The van der Waals surface area contributed by atoms with Gasteiger partial charge in [-0.05, 0) is 49.2 Å². The van der Waals surface area contributed by atoms with Crippen molar-refractivity contribution in [2.45, 2.75) is 19.9 Å². The molecule has 1 aliphatic heterocycles. The van der Waals surface area contributed by atoms with Crippen LogP contribution in [-0.4, -0.2) is 18.3 Å². The predicted octanol–water partition coefficient (Wildman–Crippen LogP) is 1.88. The van der Waals surface area contributed by atoms with E-state index in [2.05, 4.69) is 28.9 Å². The van der Waals surface area contributed by atoms with Gasteiger partial charge in [-0.3, -0.25) is 4.99 Å². The topological polar surface area (TPSA) is 60.2 Å². The average molecular weight is 355 g/mol. The van der Waals surface area contributed by atoms with Crippen molar-refractivity contribution in [1.29, 1.82) is 5.26 Å². The molecule has 1 atom stereocenters. The number of hydrogen-bond acceptors (Lipinski definition) is 4. The summed E-state index contributed by atoms with van der Waals surface area (Å²) in [4.78, 5) is 4.34. The summed E-state index contributed by atoms with van der Waals surface area (Å²) in [7, 11) is 0. The maximum Gasteiger partial charge on any atom is 0.140 e. The Morgan fingerprint density at radius 1 is 1.28 bits per heavy atom. The summed E-state index contributed by atoms with van der Waals surface area (Å²) in [6.07, 6.45) is 1.82. The Balaban J connectivity index is 1.89. The summed E-state index contributed by atoms with van der Waals surface area (Å²) in [5.74, 6) is 0.582. The number of anilines is 1. The van der Waals surface area contributed by atoms with E-state index in [1.165, 1.54) is 18.0 Å². The molecule has 2 N–H and O–H groups in total. The zero-order valence-electron chi connectivity index (χ0n) is 14.2. The van der Waals surface area contributed by atoms with E-state index in [0.717, 1.165) is 39.7 Å². The number of halogens is 1. The number of rotatable bonds is 7. The molecule has 0 aliphatic carbocycles. The predicted molar refractivity (Wildman–Crippen MR) is 102 cm³/mol. The zero-order chi connectivity index (χ0) is 17.8. The smallest absolute Gasteiger partial charge is 0.140 e. The molecule has 1 aliphatic rings. The molecule has 0 bridgehead atoms. The molecule has 128 valence electrons. The molecule has 4 nitrogen and oxygen atoms in total. The first-order valence-corrected chi connectivity index (χ1v) is 9.28. The molecule has 1 unspecified atom stereocenters. The van der Waals surface area contributed by atoms with Crippen LogP contribution >= 0.6 is 0 Å². The molecule has 0 spiro atoms. The van der Waals surface area contributed by atoms with Crippen LogP contribution in [0.15, 0.2) is 35.3 Å². The number of nitrogens with zero attached hydrogens (tertiary/aromatic N) is 2. The standard InChI is InChI=1S/C19H19FN4S/c1-3-25-23-10-12(2)24-18-8-14(7-16-11-22-19(16)18)13-4-5-17(20)15(6-13)9-21/h4-8,11-12,23-24H,3,10H2,1-2H3/p+1. The van der Waals surface area contributed by atoms with Crippen molar-refractivity contribution in [2.75, 3.05) is 17.6 Å². The average Bonchev–Trinajstić information content (AvgIpc) is 2.57. The molecule has 0 aromatic heterocycles. The minimum absolute atomic E-state index is 0.0551. The Morgan fingerprint density at radius 2 is 2.12 bits per heavy atom. The molecule has 0 fully saturated rings. The normalized spacial score (nSPS) is 12.9. The lowest BCUT2D eigenvalue weighted by Crippen LogP contribution is -2.38.